The minimum absolute atomic E-state index is 0.0253. The number of nitrogens with two attached hydrogens (primary N) is 2. The average Bonchev–Trinajstić information content (AvgIpc) is 3.11. The van der Waals surface area contributed by atoms with Gasteiger partial charge in [0.05, 0.1) is 5.69 Å². The third-order valence-electron chi connectivity index (χ3n) is 4.98. The number of anilines is 3. The zero-order valence-electron chi connectivity index (χ0n) is 15.9. The first-order valence-corrected chi connectivity index (χ1v) is 9.04. The molecule has 9 nitrogen and oxygen atoms in total. The molecule has 29 heavy (non-hydrogen) atoms. The Morgan fingerprint density at radius 1 is 1.24 bits per heavy atom. The second-order valence-corrected chi connectivity index (χ2v) is 7.04. The highest BCUT2D eigenvalue weighted by Crippen LogP contribution is 2.41. The van der Waals surface area contributed by atoms with Crippen molar-refractivity contribution in [3.05, 3.63) is 47.2 Å². The van der Waals surface area contributed by atoms with Crippen LogP contribution in [0.2, 0.25) is 0 Å². The molecule has 1 unspecified atom stereocenters. The molecule has 0 amide bonds. The Kier molecular flexibility index (Phi) is 4.21. The van der Waals surface area contributed by atoms with Crippen LogP contribution in [-0.2, 0) is 0 Å². The summed E-state index contributed by atoms with van der Waals surface area (Å²) in [5, 5.41) is 25.0. The van der Waals surface area contributed by atoms with Gasteiger partial charge in [-0.25, -0.2) is 9.98 Å². The maximum absolute atomic E-state index is 9.44. The van der Waals surface area contributed by atoms with Gasteiger partial charge in [-0.05, 0) is 36.9 Å². The lowest BCUT2D eigenvalue weighted by molar-refractivity contribution is 0.622. The second-order valence-electron chi connectivity index (χ2n) is 7.04. The standard InChI is InChI=1S/C20H19N9/c1-10(2)29-6-5-11-3-4-12(7-14(11)29)17-15-16(23)13(8-21)18(24)27-19(15)28-20(26-17)25-9-22/h3-7,10,17H,1-2H3,(H6,23,24,25,26,27,28). The van der Waals surface area contributed by atoms with E-state index in [1.165, 1.54) is 0 Å². The number of pyridine rings is 1. The summed E-state index contributed by atoms with van der Waals surface area (Å²) >= 11 is 0. The van der Waals surface area contributed by atoms with E-state index >= 15 is 0 Å². The second kappa shape index (κ2) is 6.73. The number of guanidine groups is 1. The van der Waals surface area contributed by atoms with Crippen molar-refractivity contribution in [1.29, 1.82) is 10.5 Å². The topological polar surface area (TPSA) is 154 Å². The molecule has 0 saturated carbocycles. The van der Waals surface area contributed by atoms with E-state index in [1.807, 2.05) is 36.7 Å². The number of nitrogens with one attached hydrogen (secondary N) is 2. The Labute approximate surface area is 167 Å². The fourth-order valence-corrected chi connectivity index (χ4v) is 3.61. The van der Waals surface area contributed by atoms with Crippen molar-refractivity contribution in [2.75, 3.05) is 16.8 Å². The molecule has 3 aromatic rings. The summed E-state index contributed by atoms with van der Waals surface area (Å²) in [6.07, 6.45) is 3.90. The molecule has 1 aliphatic rings. The van der Waals surface area contributed by atoms with Crippen LogP contribution >= 0.6 is 0 Å². The van der Waals surface area contributed by atoms with Gasteiger partial charge in [-0.1, -0.05) is 12.1 Å². The predicted octanol–water partition coefficient (Wildman–Crippen LogP) is 2.59. The lowest BCUT2D eigenvalue weighted by Crippen LogP contribution is -2.32. The Morgan fingerprint density at radius 3 is 2.72 bits per heavy atom. The maximum atomic E-state index is 9.44. The van der Waals surface area contributed by atoms with Gasteiger partial charge < -0.3 is 21.4 Å². The molecule has 6 N–H and O–H groups in total. The minimum atomic E-state index is -0.554. The van der Waals surface area contributed by atoms with Crippen LogP contribution in [0.4, 0.5) is 17.3 Å². The summed E-state index contributed by atoms with van der Waals surface area (Å²) in [6.45, 7) is 4.23. The molecule has 2 aromatic heterocycles. The molecule has 0 radical (unpaired) electrons. The highest BCUT2D eigenvalue weighted by atomic mass is 15.2. The predicted molar refractivity (Wildman–Crippen MR) is 112 cm³/mol. The molecule has 0 spiro atoms. The van der Waals surface area contributed by atoms with Crippen molar-refractivity contribution in [2.45, 2.75) is 25.9 Å². The number of nitriles is 2. The first-order valence-electron chi connectivity index (χ1n) is 9.04. The van der Waals surface area contributed by atoms with Gasteiger partial charge in [-0.15, -0.1) is 0 Å². The first kappa shape index (κ1) is 18.1. The van der Waals surface area contributed by atoms with Gasteiger partial charge in [-0.3, -0.25) is 5.32 Å². The van der Waals surface area contributed by atoms with E-state index in [0.717, 1.165) is 16.5 Å². The van der Waals surface area contributed by atoms with E-state index < -0.39 is 6.04 Å². The number of nitrogens with zero attached hydrogens (tertiary/aromatic N) is 5. The Morgan fingerprint density at radius 2 is 2.03 bits per heavy atom. The van der Waals surface area contributed by atoms with Gasteiger partial charge in [0, 0.05) is 23.3 Å². The molecule has 1 aliphatic heterocycles. The summed E-state index contributed by atoms with van der Waals surface area (Å²) in [6, 6.07) is 9.83. The van der Waals surface area contributed by atoms with Crippen molar-refractivity contribution in [3.8, 4) is 12.3 Å². The van der Waals surface area contributed by atoms with Crippen molar-refractivity contribution in [1.82, 2.24) is 14.9 Å². The van der Waals surface area contributed by atoms with Crippen molar-refractivity contribution in [3.63, 3.8) is 0 Å². The van der Waals surface area contributed by atoms with Crippen LogP contribution in [0, 0.1) is 22.8 Å². The first-order chi connectivity index (χ1) is 13.9. The summed E-state index contributed by atoms with van der Waals surface area (Å²) in [5.41, 5.74) is 15.0. The molecule has 4 rings (SSSR count). The third-order valence-corrected chi connectivity index (χ3v) is 4.98. The lowest BCUT2D eigenvalue weighted by atomic mass is 9.94. The normalized spacial score (nSPS) is 15.2. The van der Waals surface area contributed by atoms with Crippen LogP contribution < -0.4 is 22.1 Å². The van der Waals surface area contributed by atoms with E-state index in [1.54, 1.807) is 0 Å². The molecule has 1 aromatic carbocycles. The molecule has 9 heteroatoms. The van der Waals surface area contributed by atoms with Gasteiger partial charge in [0.2, 0.25) is 5.96 Å². The lowest BCUT2D eigenvalue weighted by Gasteiger charge is -2.26. The molecule has 3 heterocycles. The van der Waals surface area contributed by atoms with Gasteiger partial charge in [0.25, 0.3) is 0 Å². The SMILES string of the molecule is CC(C)n1ccc2ccc(C3N=C(NC#N)Nc4nc(N)c(C#N)c(N)c43)cc21. The largest absolute Gasteiger partial charge is 0.397 e. The number of aromatic nitrogens is 2. The van der Waals surface area contributed by atoms with E-state index in [0.29, 0.717) is 17.4 Å². The zero-order valence-corrected chi connectivity index (χ0v) is 15.9. The Bertz CT molecular complexity index is 1240. The number of fused-ring (bicyclic) bond motifs is 2. The van der Waals surface area contributed by atoms with Crippen LogP contribution in [0.5, 0.6) is 0 Å². The van der Waals surface area contributed by atoms with E-state index in [-0.39, 0.29) is 23.0 Å². The van der Waals surface area contributed by atoms with Crippen LogP contribution in [0.15, 0.2) is 35.5 Å². The number of nitrogen functional groups attached to an aromatic ring is 2. The number of aliphatic imine (C=N–C) groups is 1. The molecular formula is C20H19N9. The van der Waals surface area contributed by atoms with Crippen LogP contribution in [0.3, 0.4) is 0 Å². The monoisotopic (exact) mass is 385 g/mol. The smallest absolute Gasteiger partial charge is 0.211 e. The average molecular weight is 385 g/mol. The Balaban J connectivity index is 1.95. The third kappa shape index (κ3) is 2.86. The van der Waals surface area contributed by atoms with Crippen LogP contribution in [0.25, 0.3) is 10.9 Å². The number of hydrogen-bond donors (Lipinski definition) is 4. The van der Waals surface area contributed by atoms with E-state index in [2.05, 4.69) is 45.1 Å². The highest BCUT2D eigenvalue weighted by molar-refractivity contribution is 5.98. The molecule has 0 fully saturated rings. The molecule has 0 aliphatic carbocycles. The van der Waals surface area contributed by atoms with Crippen LogP contribution in [0.1, 0.15) is 42.6 Å². The van der Waals surface area contributed by atoms with E-state index in [4.69, 9.17) is 16.7 Å². The number of benzene rings is 1. The molecule has 144 valence electrons. The quantitative estimate of drug-likeness (QED) is 0.390. The fraction of sp³-hybridized carbons (Fsp3) is 0.200. The zero-order chi connectivity index (χ0) is 20.7. The van der Waals surface area contributed by atoms with Crippen LogP contribution in [-0.4, -0.2) is 15.5 Å². The minimum Gasteiger partial charge on any atom is -0.397 e. The fourth-order valence-electron chi connectivity index (χ4n) is 3.61. The van der Waals surface area contributed by atoms with Crippen molar-refractivity contribution >= 4 is 34.2 Å². The summed E-state index contributed by atoms with van der Waals surface area (Å²) in [4.78, 5) is 8.89. The van der Waals surface area contributed by atoms with E-state index in [9.17, 15) is 5.26 Å². The highest BCUT2D eigenvalue weighted by Gasteiger charge is 2.30. The maximum Gasteiger partial charge on any atom is 0.211 e. The summed E-state index contributed by atoms with van der Waals surface area (Å²) in [7, 11) is 0. The molecule has 1 atom stereocenters. The molecule has 0 saturated heterocycles. The Hall–Kier alpha value is -4.24. The van der Waals surface area contributed by atoms with Crippen molar-refractivity contribution < 1.29 is 0 Å². The number of rotatable bonds is 2. The molecular weight excluding hydrogens is 366 g/mol. The van der Waals surface area contributed by atoms with Gasteiger partial charge in [-0.2, -0.15) is 10.5 Å². The van der Waals surface area contributed by atoms with Gasteiger partial charge >= 0.3 is 0 Å². The summed E-state index contributed by atoms with van der Waals surface area (Å²) in [5.74, 6) is 0.633. The van der Waals surface area contributed by atoms with Crippen molar-refractivity contribution in [2.24, 2.45) is 4.99 Å². The van der Waals surface area contributed by atoms with Gasteiger partial charge in [0.15, 0.2) is 6.19 Å². The number of hydrogen-bond acceptors (Lipinski definition) is 8. The summed E-state index contributed by atoms with van der Waals surface area (Å²) < 4.78 is 2.17. The van der Waals surface area contributed by atoms with Gasteiger partial charge in [0.1, 0.15) is 29.3 Å². The molecule has 0 bridgehead atoms.